The zero-order chi connectivity index (χ0) is 27.2. The van der Waals surface area contributed by atoms with Crippen molar-refractivity contribution in [3.05, 3.63) is 69.5 Å². The number of benzene rings is 1. The number of amides is 1. The van der Waals surface area contributed by atoms with Crippen molar-refractivity contribution in [1.82, 2.24) is 30.1 Å². The molecule has 13 nitrogen and oxygen atoms in total. The molecule has 4 rings (SSSR count). The lowest BCUT2D eigenvalue weighted by atomic mass is 10.1. The quantitative estimate of drug-likeness (QED) is 0.310. The van der Waals surface area contributed by atoms with Crippen LogP contribution in [0.25, 0.3) is 0 Å². The predicted molar refractivity (Wildman–Crippen MR) is 134 cm³/mol. The highest BCUT2D eigenvalue weighted by Gasteiger charge is 2.30. The van der Waals surface area contributed by atoms with E-state index in [2.05, 4.69) is 30.6 Å². The summed E-state index contributed by atoms with van der Waals surface area (Å²) in [5.74, 6) is -2.27. The van der Waals surface area contributed by atoms with Crippen LogP contribution in [0.4, 0.5) is 5.82 Å². The number of anilines is 1. The zero-order valence-electron chi connectivity index (χ0n) is 21.1. The first kappa shape index (κ1) is 26.7. The van der Waals surface area contributed by atoms with E-state index in [-0.39, 0.29) is 25.3 Å². The summed E-state index contributed by atoms with van der Waals surface area (Å²) in [7, 11) is 0. The maximum absolute atomic E-state index is 13.2. The van der Waals surface area contributed by atoms with E-state index in [1.807, 2.05) is 29.2 Å². The summed E-state index contributed by atoms with van der Waals surface area (Å²) in [6.45, 7) is 4.69. The second-order valence-corrected chi connectivity index (χ2v) is 9.10. The number of fused-ring (bicyclic) bond motifs is 1. The summed E-state index contributed by atoms with van der Waals surface area (Å²) in [6, 6.07) is 5.61. The van der Waals surface area contributed by atoms with Gasteiger partial charge in [0.05, 0.1) is 25.6 Å². The molecule has 0 fully saturated rings. The number of hydrogen-bond acceptors (Lipinski definition) is 10. The first-order chi connectivity index (χ1) is 18.3. The molecule has 2 unspecified atom stereocenters. The van der Waals surface area contributed by atoms with Gasteiger partial charge in [0.15, 0.2) is 11.6 Å². The minimum Gasteiger partial charge on any atom is -0.481 e. The molecule has 1 aromatic carbocycles. The average Bonchev–Trinajstić information content (AvgIpc) is 3.49. The molecular formula is C25H29N7O6. The summed E-state index contributed by atoms with van der Waals surface area (Å²) in [5, 5.41) is 22.3. The summed E-state index contributed by atoms with van der Waals surface area (Å²) < 4.78 is 5.85. The van der Waals surface area contributed by atoms with Crippen LogP contribution in [0.1, 0.15) is 48.3 Å². The van der Waals surface area contributed by atoms with E-state index in [0.717, 1.165) is 11.1 Å². The van der Waals surface area contributed by atoms with E-state index in [1.54, 1.807) is 13.8 Å². The standard InChI is InChI=1S/C25H29N7O6/c1-3-20(32-9-8-26-23(25(32)37)27-11-19-15(2)29-38-30-19)24(36)28-18(10-22(34)35)21(33)14-31-12-16-6-4-5-7-17(16)13-31/h4-9,18,20H,3,10-14H2,1-2H3,(H,26,27)(H,28,36)(H,34,35). The van der Waals surface area contributed by atoms with E-state index in [9.17, 15) is 24.3 Å². The van der Waals surface area contributed by atoms with Crippen molar-refractivity contribution in [1.29, 1.82) is 0 Å². The van der Waals surface area contributed by atoms with E-state index in [1.165, 1.54) is 17.0 Å². The Morgan fingerprint density at radius 3 is 2.47 bits per heavy atom. The van der Waals surface area contributed by atoms with E-state index >= 15 is 0 Å². The molecule has 0 bridgehead atoms. The number of nitrogens with zero attached hydrogens (tertiary/aromatic N) is 5. The number of hydrogen-bond donors (Lipinski definition) is 3. The molecule has 38 heavy (non-hydrogen) atoms. The number of carbonyl (C=O) groups is 3. The van der Waals surface area contributed by atoms with Gasteiger partial charge in [-0.05, 0) is 24.5 Å². The van der Waals surface area contributed by atoms with Gasteiger partial charge in [0, 0.05) is 25.5 Å². The van der Waals surface area contributed by atoms with Crippen LogP contribution in [0.5, 0.6) is 0 Å². The van der Waals surface area contributed by atoms with Crippen molar-refractivity contribution in [3.8, 4) is 0 Å². The molecule has 1 aliphatic rings. The Bertz CT molecular complexity index is 1360. The van der Waals surface area contributed by atoms with Crippen molar-refractivity contribution in [3.63, 3.8) is 0 Å². The number of aryl methyl sites for hydroxylation is 1. The molecule has 13 heteroatoms. The molecule has 2 atom stereocenters. The van der Waals surface area contributed by atoms with Gasteiger partial charge < -0.3 is 15.7 Å². The van der Waals surface area contributed by atoms with Gasteiger partial charge in [-0.25, -0.2) is 9.61 Å². The van der Waals surface area contributed by atoms with Crippen molar-refractivity contribution in [2.75, 3.05) is 11.9 Å². The highest BCUT2D eigenvalue weighted by molar-refractivity contribution is 5.94. The molecule has 3 aromatic rings. The molecule has 0 radical (unpaired) electrons. The van der Waals surface area contributed by atoms with Crippen LogP contribution in [-0.2, 0) is 34.0 Å². The number of nitrogens with one attached hydrogen (secondary N) is 2. The average molecular weight is 524 g/mol. The van der Waals surface area contributed by atoms with Gasteiger partial charge in [-0.2, -0.15) is 0 Å². The molecule has 3 N–H and O–H groups in total. The molecular weight excluding hydrogens is 494 g/mol. The number of carboxylic acids is 1. The van der Waals surface area contributed by atoms with Gasteiger partial charge in [0.2, 0.25) is 5.91 Å². The van der Waals surface area contributed by atoms with E-state index < -0.39 is 41.7 Å². The Morgan fingerprint density at radius 1 is 1.16 bits per heavy atom. The third-order valence-corrected chi connectivity index (χ3v) is 6.43. The Hall–Kier alpha value is -4.39. The Kier molecular flexibility index (Phi) is 8.26. The predicted octanol–water partition coefficient (Wildman–Crippen LogP) is 1.04. The number of aliphatic carboxylic acids is 1. The Balaban J connectivity index is 1.45. The van der Waals surface area contributed by atoms with Crippen LogP contribution >= 0.6 is 0 Å². The summed E-state index contributed by atoms with van der Waals surface area (Å²) in [4.78, 5) is 56.9. The summed E-state index contributed by atoms with van der Waals surface area (Å²) in [5.41, 5.74) is 2.73. The van der Waals surface area contributed by atoms with Crippen molar-refractivity contribution in [2.24, 2.45) is 0 Å². The van der Waals surface area contributed by atoms with Crippen LogP contribution in [0, 0.1) is 6.92 Å². The lowest BCUT2D eigenvalue weighted by Gasteiger charge is -2.23. The number of aromatic nitrogens is 4. The molecule has 2 aromatic heterocycles. The number of rotatable bonds is 12. The molecule has 1 aliphatic heterocycles. The van der Waals surface area contributed by atoms with E-state index in [0.29, 0.717) is 24.5 Å². The van der Waals surface area contributed by atoms with Gasteiger partial charge in [-0.1, -0.05) is 41.5 Å². The monoisotopic (exact) mass is 523 g/mol. The molecule has 0 aliphatic carbocycles. The molecule has 200 valence electrons. The Morgan fingerprint density at radius 2 is 1.87 bits per heavy atom. The van der Waals surface area contributed by atoms with Crippen LogP contribution in [0.15, 0.2) is 46.1 Å². The Labute approximate surface area is 217 Å². The fraction of sp³-hybridized carbons (Fsp3) is 0.400. The molecule has 0 spiro atoms. The van der Waals surface area contributed by atoms with Gasteiger partial charge in [0.25, 0.3) is 5.56 Å². The maximum atomic E-state index is 13.2. The lowest BCUT2D eigenvalue weighted by molar-refractivity contribution is -0.140. The second-order valence-electron chi connectivity index (χ2n) is 9.10. The van der Waals surface area contributed by atoms with Crippen LogP contribution in [0.3, 0.4) is 0 Å². The normalized spacial score (nSPS) is 14.5. The third-order valence-electron chi connectivity index (χ3n) is 6.43. The molecule has 0 saturated carbocycles. The van der Waals surface area contributed by atoms with Crippen LogP contribution in [0.2, 0.25) is 0 Å². The first-order valence-electron chi connectivity index (χ1n) is 12.2. The zero-order valence-corrected chi connectivity index (χ0v) is 21.1. The SMILES string of the molecule is CCC(C(=O)NC(CC(=O)O)C(=O)CN1Cc2ccccc2C1)n1ccnc(NCc2nonc2C)c1=O. The van der Waals surface area contributed by atoms with Gasteiger partial charge in [0.1, 0.15) is 17.4 Å². The molecule has 0 saturated heterocycles. The summed E-state index contributed by atoms with van der Waals surface area (Å²) >= 11 is 0. The third kappa shape index (κ3) is 6.11. The highest BCUT2D eigenvalue weighted by Crippen LogP contribution is 2.22. The van der Waals surface area contributed by atoms with Crippen molar-refractivity contribution >= 4 is 23.5 Å². The van der Waals surface area contributed by atoms with Crippen molar-refractivity contribution < 1.29 is 24.1 Å². The second kappa shape index (κ2) is 11.8. The maximum Gasteiger partial charge on any atom is 0.305 e. The first-order valence-corrected chi connectivity index (χ1v) is 12.2. The fourth-order valence-electron chi connectivity index (χ4n) is 4.41. The van der Waals surface area contributed by atoms with Gasteiger partial charge in [-0.3, -0.25) is 28.6 Å². The number of Topliss-reactive ketones (excluding diaryl/α,β-unsaturated/α-hetero) is 1. The largest absolute Gasteiger partial charge is 0.481 e. The van der Waals surface area contributed by atoms with Crippen LogP contribution in [-0.4, -0.2) is 60.1 Å². The van der Waals surface area contributed by atoms with Crippen LogP contribution < -0.4 is 16.2 Å². The minimum atomic E-state index is -1.24. The smallest absolute Gasteiger partial charge is 0.305 e. The number of ketones is 1. The molecule has 1 amide bonds. The fourth-order valence-corrected chi connectivity index (χ4v) is 4.41. The number of carboxylic acid groups (broad SMARTS) is 1. The number of carbonyl (C=O) groups excluding carboxylic acids is 2. The topological polar surface area (TPSA) is 173 Å². The highest BCUT2D eigenvalue weighted by atomic mass is 16.6. The summed E-state index contributed by atoms with van der Waals surface area (Å²) in [6.07, 6.45) is 2.40. The van der Waals surface area contributed by atoms with Crippen molar-refractivity contribution in [2.45, 2.75) is 58.4 Å². The molecule has 3 heterocycles. The van der Waals surface area contributed by atoms with E-state index in [4.69, 9.17) is 0 Å². The minimum absolute atomic E-state index is 0.00656. The lowest BCUT2D eigenvalue weighted by Crippen LogP contribution is -2.49. The van der Waals surface area contributed by atoms with Gasteiger partial charge >= 0.3 is 5.97 Å². The van der Waals surface area contributed by atoms with Gasteiger partial charge in [-0.15, -0.1) is 0 Å².